The molecular formula is C28H24ClNO5. The Hall–Kier alpha value is -4.03. The zero-order chi connectivity index (χ0) is 24.9. The van der Waals surface area contributed by atoms with Gasteiger partial charge in [-0.2, -0.15) is 0 Å². The quantitative estimate of drug-likeness (QED) is 0.310. The summed E-state index contributed by atoms with van der Waals surface area (Å²) in [4.78, 5) is 27.8. The van der Waals surface area contributed by atoms with E-state index in [-0.39, 0.29) is 17.1 Å². The number of benzene rings is 3. The van der Waals surface area contributed by atoms with Crippen LogP contribution in [0, 0.1) is 0 Å². The molecule has 0 atom stereocenters. The third-order valence-corrected chi connectivity index (χ3v) is 5.93. The zero-order valence-corrected chi connectivity index (χ0v) is 20.3. The molecule has 6 nitrogen and oxygen atoms in total. The van der Waals surface area contributed by atoms with Gasteiger partial charge in [-0.15, -0.1) is 0 Å². The predicted octanol–water partition coefficient (Wildman–Crippen LogP) is 5.80. The van der Waals surface area contributed by atoms with Gasteiger partial charge in [-0.25, -0.2) is 4.79 Å². The molecule has 7 heteroatoms. The summed E-state index contributed by atoms with van der Waals surface area (Å²) >= 11 is 6.30. The standard InChI is InChI=1S/C28H24ClNO5/c1-18-26(28(32)34-3)22(27(31)30(18)21-13-14-25(33-2)23(29)16-21)15-20-11-7-8-12-24(20)35-17-19-9-5-4-6-10-19/h4-16H,17H2,1-3H3/b22-15-. The van der Waals surface area contributed by atoms with Crippen molar-refractivity contribution in [1.82, 2.24) is 0 Å². The first kappa shape index (κ1) is 24.1. The highest BCUT2D eigenvalue weighted by molar-refractivity contribution is 6.32. The second-order valence-electron chi connectivity index (χ2n) is 7.78. The molecule has 0 aliphatic carbocycles. The van der Waals surface area contributed by atoms with Gasteiger partial charge >= 0.3 is 5.97 Å². The number of carbonyl (C=O) groups excluding carboxylic acids is 2. The van der Waals surface area contributed by atoms with Crippen LogP contribution in [0.2, 0.25) is 5.02 Å². The van der Waals surface area contributed by atoms with Gasteiger partial charge in [-0.05, 0) is 42.8 Å². The fourth-order valence-corrected chi connectivity index (χ4v) is 4.16. The maximum atomic E-state index is 13.6. The highest BCUT2D eigenvalue weighted by Crippen LogP contribution is 2.38. The number of rotatable bonds is 7. The molecule has 3 aromatic rings. The molecule has 0 saturated heterocycles. The molecule has 0 N–H and O–H groups in total. The van der Waals surface area contributed by atoms with Gasteiger partial charge in [0.1, 0.15) is 18.1 Å². The van der Waals surface area contributed by atoms with Crippen molar-refractivity contribution in [3.8, 4) is 11.5 Å². The Morgan fingerprint density at radius 3 is 2.37 bits per heavy atom. The average molecular weight is 490 g/mol. The summed E-state index contributed by atoms with van der Waals surface area (Å²) in [5.41, 5.74) is 3.02. The molecule has 0 aromatic heterocycles. The van der Waals surface area contributed by atoms with Crippen molar-refractivity contribution in [2.45, 2.75) is 13.5 Å². The minimum Gasteiger partial charge on any atom is -0.495 e. The van der Waals surface area contributed by atoms with Crippen LogP contribution in [0.25, 0.3) is 6.08 Å². The highest BCUT2D eigenvalue weighted by atomic mass is 35.5. The van der Waals surface area contributed by atoms with Gasteiger partial charge < -0.3 is 14.2 Å². The Labute approximate surface area is 209 Å². The Morgan fingerprint density at radius 2 is 1.69 bits per heavy atom. The van der Waals surface area contributed by atoms with Gasteiger partial charge in [0.05, 0.1) is 36.1 Å². The van der Waals surface area contributed by atoms with Gasteiger partial charge in [0.25, 0.3) is 5.91 Å². The van der Waals surface area contributed by atoms with Crippen LogP contribution in [0.15, 0.2) is 89.6 Å². The summed E-state index contributed by atoms with van der Waals surface area (Å²) in [6.07, 6.45) is 1.66. The monoisotopic (exact) mass is 489 g/mol. The lowest BCUT2D eigenvalue weighted by Crippen LogP contribution is -2.24. The van der Waals surface area contributed by atoms with Crippen LogP contribution in [-0.4, -0.2) is 26.1 Å². The molecule has 3 aromatic carbocycles. The van der Waals surface area contributed by atoms with E-state index in [0.29, 0.717) is 40.1 Å². The van der Waals surface area contributed by atoms with Crippen LogP contribution in [0.3, 0.4) is 0 Å². The molecule has 0 radical (unpaired) electrons. The summed E-state index contributed by atoms with van der Waals surface area (Å²) in [5, 5.41) is 0.349. The van der Waals surface area contributed by atoms with E-state index < -0.39 is 5.97 Å². The van der Waals surface area contributed by atoms with E-state index in [0.717, 1.165) is 5.56 Å². The molecule has 1 amide bonds. The molecule has 1 aliphatic rings. The SMILES string of the molecule is COC(=O)C1=C(C)N(c2ccc(OC)c(Cl)c2)C(=O)/C1=C\c1ccccc1OCc1ccccc1. The molecule has 35 heavy (non-hydrogen) atoms. The van der Waals surface area contributed by atoms with E-state index >= 15 is 0 Å². The van der Waals surface area contributed by atoms with Crippen molar-refractivity contribution in [2.24, 2.45) is 0 Å². The molecule has 0 fully saturated rings. The number of hydrogen-bond donors (Lipinski definition) is 0. The second-order valence-corrected chi connectivity index (χ2v) is 8.19. The molecule has 0 saturated carbocycles. The Bertz CT molecular complexity index is 1330. The fraction of sp³-hybridized carbons (Fsp3) is 0.143. The third-order valence-electron chi connectivity index (χ3n) is 5.64. The van der Waals surface area contributed by atoms with Crippen LogP contribution < -0.4 is 14.4 Å². The first-order valence-corrected chi connectivity index (χ1v) is 11.3. The van der Waals surface area contributed by atoms with Crippen LogP contribution in [0.1, 0.15) is 18.1 Å². The van der Waals surface area contributed by atoms with Gasteiger partial charge in [0.2, 0.25) is 0 Å². The summed E-state index contributed by atoms with van der Waals surface area (Å²) in [7, 11) is 2.80. The van der Waals surface area contributed by atoms with Crippen molar-refractivity contribution in [3.63, 3.8) is 0 Å². The molecule has 0 bridgehead atoms. The summed E-state index contributed by atoms with van der Waals surface area (Å²) in [5.74, 6) is 0.0931. The van der Waals surface area contributed by atoms with Crippen molar-refractivity contribution in [3.05, 3.63) is 106 Å². The Balaban J connectivity index is 1.74. The van der Waals surface area contributed by atoms with Crippen molar-refractivity contribution >= 4 is 35.2 Å². The van der Waals surface area contributed by atoms with E-state index in [1.54, 1.807) is 31.2 Å². The number of halogens is 1. The number of carbonyl (C=O) groups is 2. The normalized spacial score (nSPS) is 14.5. The molecule has 4 rings (SSSR count). The maximum absolute atomic E-state index is 13.6. The number of esters is 1. The topological polar surface area (TPSA) is 65.1 Å². The zero-order valence-electron chi connectivity index (χ0n) is 19.6. The first-order valence-electron chi connectivity index (χ1n) is 10.9. The number of amides is 1. The molecule has 178 valence electrons. The van der Waals surface area contributed by atoms with Gasteiger partial charge in [-0.3, -0.25) is 9.69 Å². The average Bonchev–Trinajstić information content (AvgIpc) is 3.12. The van der Waals surface area contributed by atoms with E-state index in [1.807, 2.05) is 54.6 Å². The second kappa shape index (κ2) is 10.5. The van der Waals surface area contributed by atoms with Crippen molar-refractivity contribution < 1.29 is 23.8 Å². The van der Waals surface area contributed by atoms with E-state index in [1.165, 1.54) is 19.1 Å². The van der Waals surface area contributed by atoms with Crippen molar-refractivity contribution in [2.75, 3.05) is 19.1 Å². The number of para-hydroxylation sites is 1. The number of methoxy groups -OCH3 is 2. The van der Waals surface area contributed by atoms with E-state index in [4.69, 9.17) is 25.8 Å². The smallest absolute Gasteiger partial charge is 0.340 e. The minimum absolute atomic E-state index is 0.183. The third kappa shape index (κ3) is 4.93. The highest BCUT2D eigenvalue weighted by Gasteiger charge is 2.38. The largest absolute Gasteiger partial charge is 0.495 e. The number of anilines is 1. The van der Waals surface area contributed by atoms with Gasteiger partial charge in [-0.1, -0.05) is 60.1 Å². The van der Waals surface area contributed by atoms with Crippen molar-refractivity contribution in [1.29, 1.82) is 0 Å². The van der Waals surface area contributed by atoms with Crippen LogP contribution >= 0.6 is 11.6 Å². The summed E-state index contributed by atoms with van der Waals surface area (Å²) < 4.78 is 16.3. The molecular weight excluding hydrogens is 466 g/mol. The lowest BCUT2D eigenvalue weighted by atomic mass is 10.0. The van der Waals surface area contributed by atoms with Crippen LogP contribution in [0.5, 0.6) is 11.5 Å². The van der Waals surface area contributed by atoms with Gasteiger partial charge in [0.15, 0.2) is 0 Å². The Morgan fingerprint density at radius 1 is 0.971 bits per heavy atom. The molecule has 1 aliphatic heterocycles. The predicted molar refractivity (Wildman–Crippen MR) is 135 cm³/mol. The number of hydrogen-bond acceptors (Lipinski definition) is 5. The van der Waals surface area contributed by atoms with Crippen LogP contribution in [0.4, 0.5) is 5.69 Å². The summed E-state index contributed by atoms with van der Waals surface area (Å²) in [6.45, 7) is 2.06. The van der Waals surface area contributed by atoms with E-state index in [9.17, 15) is 9.59 Å². The maximum Gasteiger partial charge on any atom is 0.340 e. The summed E-state index contributed by atoms with van der Waals surface area (Å²) in [6, 6.07) is 22.1. The number of ether oxygens (including phenoxy) is 3. The van der Waals surface area contributed by atoms with Gasteiger partial charge in [0, 0.05) is 11.3 Å². The van der Waals surface area contributed by atoms with Crippen LogP contribution in [-0.2, 0) is 20.9 Å². The lowest BCUT2D eigenvalue weighted by molar-refractivity contribution is -0.136. The molecule has 0 unspecified atom stereocenters. The molecule has 1 heterocycles. The number of nitrogens with zero attached hydrogens (tertiary/aromatic N) is 1. The molecule has 0 spiro atoms. The first-order chi connectivity index (χ1) is 16.9. The lowest BCUT2D eigenvalue weighted by Gasteiger charge is -2.19. The fourth-order valence-electron chi connectivity index (χ4n) is 3.91. The number of allylic oxidation sites excluding steroid dienone is 1. The minimum atomic E-state index is -0.605. The Kier molecular flexibility index (Phi) is 7.22. The van der Waals surface area contributed by atoms with E-state index in [2.05, 4.69) is 0 Å².